The van der Waals surface area contributed by atoms with Crippen LogP contribution >= 0.6 is 0 Å². The molecule has 2 aromatic rings. The molecular weight excluding hydrogens is 312 g/mol. The number of hydrogen-bond donors (Lipinski definition) is 0. The van der Waals surface area contributed by atoms with Crippen LogP contribution in [0.4, 0.5) is 0 Å². The van der Waals surface area contributed by atoms with Gasteiger partial charge in [0.25, 0.3) is 0 Å². The number of pyridine rings is 1. The van der Waals surface area contributed by atoms with Gasteiger partial charge in [-0.05, 0) is 36.6 Å². The normalized spacial score (nSPS) is 22.2. The summed E-state index contributed by atoms with van der Waals surface area (Å²) in [5.74, 6) is 0.503. The van der Waals surface area contributed by atoms with Crippen LogP contribution in [0.5, 0.6) is 0 Å². The summed E-state index contributed by atoms with van der Waals surface area (Å²) in [4.78, 5) is 6.52. The third-order valence-corrected chi connectivity index (χ3v) is 5.45. The summed E-state index contributed by atoms with van der Waals surface area (Å²) in [6.45, 7) is 7.47. The second-order valence-electron chi connectivity index (χ2n) is 7.40. The highest BCUT2D eigenvalue weighted by atomic mass is 16.5. The maximum atomic E-state index is 6.15. The van der Waals surface area contributed by atoms with Crippen LogP contribution in [-0.4, -0.2) is 41.8 Å². The molecule has 1 spiro atoms. The molecule has 0 amide bonds. The van der Waals surface area contributed by atoms with Gasteiger partial charge in [-0.2, -0.15) is 0 Å². The third-order valence-electron chi connectivity index (χ3n) is 5.45. The van der Waals surface area contributed by atoms with Gasteiger partial charge in [-0.15, -0.1) is 0 Å². The van der Waals surface area contributed by atoms with Gasteiger partial charge in [0, 0.05) is 44.6 Å². The Labute approximate surface area is 149 Å². The average molecular weight is 338 g/mol. The summed E-state index contributed by atoms with van der Waals surface area (Å²) in [6.07, 6.45) is 4.73. The van der Waals surface area contributed by atoms with Crippen LogP contribution in [0.3, 0.4) is 0 Å². The van der Waals surface area contributed by atoms with Gasteiger partial charge >= 0.3 is 0 Å². The Balaban J connectivity index is 1.26. The molecule has 3 heterocycles. The van der Waals surface area contributed by atoms with Crippen LogP contribution < -0.4 is 0 Å². The summed E-state index contributed by atoms with van der Waals surface area (Å²) in [6, 6.07) is 12.8. The highest BCUT2D eigenvalue weighted by Crippen LogP contribution is 2.40. The number of rotatable bonds is 6. The minimum absolute atomic E-state index is 0.0168. The quantitative estimate of drug-likeness (QED) is 0.810. The molecule has 0 aliphatic carbocycles. The molecule has 4 nitrogen and oxygen atoms in total. The number of ether oxygens (including phenoxy) is 2. The highest BCUT2D eigenvalue weighted by Gasteiger charge is 2.52. The number of aromatic nitrogens is 1. The monoisotopic (exact) mass is 338 g/mol. The second kappa shape index (κ2) is 7.24. The maximum absolute atomic E-state index is 6.15. The van der Waals surface area contributed by atoms with Gasteiger partial charge in [0.05, 0.1) is 18.8 Å². The topological polar surface area (TPSA) is 34.6 Å². The van der Waals surface area contributed by atoms with Crippen molar-refractivity contribution in [1.29, 1.82) is 0 Å². The zero-order valence-electron chi connectivity index (χ0n) is 14.9. The molecule has 0 bridgehead atoms. The van der Waals surface area contributed by atoms with E-state index >= 15 is 0 Å². The van der Waals surface area contributed by atoms with Crippen LogP contribution in [0, 0.1) is 12.8 Å². The van der Waals surface area contributed by atoms with Crippen molar-refractivity contribution in [2.75, 3.05) is 26.3 Å². The number of aryl methyl sites for hydroxylation is 1. The molecule has 1 aromatic carbocycles. The molecule has 0 N–H and O–H groups in total. The van der Waals surface area contributed by atoms with E-state index in [9.17, 15) is 0 Å². The lowest BCUT2D eigenvalue weighted by Crippen LogP contribution is -2.64. The van der Waals surface area contributed by atoms with Crippen molar-refractivity contribution < 1.29 is 9.47 Å². The molecule has 2 fully saturated rings. The first kappa shape index (κ1) is 16.7. The maximum Gasteiger partial charge on any atom is 0.0985 e. The van der Waals surface area contributed by atoms with Crippen LogP contribution in [0.25, 0.3) is 0 Å². The molecule has 0 unspecified atom stereocenters. The minimum Gasteiger partial charge on any atom is -0.376 e. The largest absolute Gasteiger partial charge is 0.376 e. The molecule has 4 rings (SSSR count). The van der Waals surface area contributed by atoms with Crippen molar-refractivity contribution in [3.63, 3.8) is 0 Å². The molecule has 2 aliphatic rings. The summed E-state index contributed by atoms with van der Waals surface area (Å²) < 4.78 is 12.1. The summed E-state index contributed by atoms with van der Waals surface area (Å²) in [7, 11) is 0. The first-order chi connectivity index (χ1) is 12.2. The fraction of sp³-hybridized carbons (Fsp3) is 0.476. The third kappa shape index (κ3) is 3.76. The summed E-state index contributed by atoms with van der Waals surface area (Å²) >= 11 is 0. The van der Waals surface area contributed by atoms with Gasteiger partial charge in [0.2, 0.25) is 0 Å². The van der Waals surface area contributed by atoms with Gasteiger partial charge in [0.1, 0.15) is 0 Å². The van der Waals surface area contributed by atoms with E-state index < -0.39 is 0 Å². The van der Waals surface area contributed by atoms with Crippen molar-refractivity contribution in [2.24, 2.45) is 5.92 Å². The van der Waals surface area contributed by atoms with Crippen molar-refractivity contribution in [3.05, 3.63) is 65.5 Å². The Kier molecular flexibility index (Phi) is 4.84. The molecule has 4 heteroatoms. The Bertz CT molecular complexity index is 681. The molecule has 25 heavy (non-hydrogen) atoms. The van der Waals surface area contributed by atoms with Gasteiger partial charge < -0.3 is 9.47 Å². The Hall–Kier alpha value is -1.75. The SMILES string of the molecule is Cc1ccc(CN2CC3(C2)OCC[C@@H]3COCc2ccncc2)cc1. The van der Waals surface area contributed by atoms with E-state index in [0.717, 1.165) is 39.3 Å². The van der Waals surface area contributed by atoms with E-state index in [0.29, 0.717) is 12.5 Å². The van der Waals surface area contributed by atoms with E-state index in [2.05, 4.69) is 41.1 Å². The van der Waals surface area contributed by atoms with E-state index in [4.69, 9.17) is 9.47 Å². The highest BCUT2D eigenvalue weighted by molar-refractivity contribution is 5.22. The molecule has 1 aromatic heterocycles. The molecule has 1 atom stereocenters. The van der Waals surface area contributed by atoms with Gasteiger partial charge in [-0.1, -0.05) is 29.8 Å². The molecule has 132 valence electrons. The van der Waals surface area contributed by atoms with Crippen molar-refractivity contribution in [2.45, 2.75) is 32.1 Å². The van der Waals surface area contributed by atoms with Crippen LogP contribution in [0.1, 0.15) is 23.1 Å². The molecule has 0 radical (unpaired) electrons. The molecule has 0 saturated carbocycles. The average Bonchev–Trinajstić information content (AvgIpc) is 3.01. The van der Waals surface area contributed by atoms with Crippen molar-refractivity contribution in [1.82, 2.24) is 9.88 Å². The Morgan fingerprint density at radius 1 is 1.12 bits per heavy atom. The lowest BCUT2D eigenvalue weighted by molar-refractivity contribution is -0.146. The smallest absolute Gasteiger partial charge is 0.0985 e. The van der Waals surface area contributed by atoms with Gasteiger partial charge in [-0.3, -0.25) is 9.88 Å². The number of hydrogen-bond acceptors (Lipinski definition) is 4. The van der Waals surface area contributed by atoms with E-state index in [1.54, 1.807) is 0 Å². The van der Waals surface area contributed by atoms with Crippen molar-refractivity contribution >= 4 is 0 Å². The first-order valence-corrected chi connectivity index (χ1v) is 9.12. The van der Waals surface area contributed by atoms with Crippen molar-refractivity contribution in [3.8, 4) is 0 Å². The van der Waals surface area contributed by atoms with E-state index in [-0.39, 0.29) is 5.60 Å². The van der Waals surface area contributed by atoms with Gasteiger partial charge in [-0.25, -0.2) is 0 Å². The van der Waals surface area contributed by atoms with Crippen LogP contribution in [0.2, 0.25) is 0 Å². The number of benzene rings is 1. The van der Waals surface area contributed by atoms with E-state index in [1.165, 1.54) is 16.7 Å². The van der Waals surface area contributed by atoms with E-state index in [1.807, 2.05) is 24.5 Å². The zero-order chi connectivity index (χ0) is 17.1. The lowest BCUT2D eigenvalue weighted by atomic mass is 9.81. The standard InChI is InChI=1S/C21H26N2O2/c1-17-2-4-18(5-3-17)12-23-15-21(16-23)20(8-11-25-21)14-24-13-19-6-9-22-10-7-19/h2-7,9-10,20H,8,11-16H2,1H3/t20-/m1/s1. The fourth-order valence-electron chi connectivity index (χ4n) is 3.94. The Morgan fingerprint density at radius 2 is 1.88 bits per heavy atom. The molecular formula is C21H26N2O2. The first-order valence-electron chi connectivity index (χ1n) is 9.12. The fourth-order valence-corrected chi connectivity index (χ4v) is 3.94. The zero-order valence-corrected chi connectivity index (χ0v) is 14.9. The second-order valence-corrected chi connectivity index (χ2v) is 7.40. The predicted octanol–water partition coefficient (Wildman–Crippen LogP) is 3.20. The van der Waals surface area contributed by atoms with Crippen LogP contribution in [-0.2, 0) is 22.6 Å². The summed E-state index contributed by atoms with van der Waals surface area (Å²) in [5, 5.41) is 0. The molecule has 2 aliphatic heterocycles. The lowest BCUT2D eigenvalue weighted by Gasteiger charge is -2.50. The molecule has 2 saturated heterocycles. The Morgan fingerprint density at radius 3 is 2.64 bits per heavy atom. The number of nitrogens with zero attached hydrogens (tertiary/aromatic N) is 2. The van der Waals surface area contributed by atoms with Crippen LogP contribution in [0.15, 0.2) is 48.8 Å². The number of likely N-dealkylation sites (tertiary alicyclic amines) is 1. The predicted molar refractivity (Wildman–Crippen MR) is 97.1 cm³/mol. The van der Waals surface area contributed by atoms with Gasteiger partial charge in [0.15, 0.2) is 0 Å². The summed E-state index contributed by atoms with van der Waals surface area (Å²) in [5.41, 5.74) is 3.89. The minimum atomic E-state index is 0.0168.